The number of nitrogens with zero attached hydrogens (tertiary/aromatic N) is 2. The van der Waals surface area contributed by atoms with Crippen LogP contribution in [0.15, 0.2) is 27.6 Å². The molecule has 3 aromatic rings. The second-order valence-electron chi connectivity index (χ2n) is 6.11. The highest BCUT2D eigenvalue weighted by Gasteiger charge is 2.23. The summed E-state index contributed by atoms with van der Waals surface area (Å²) in [6, 6.07) is 5.66. The highest BCUT2D eigenvalue weighted by Crippen LogP contribution is 2.20. The lowest BCUT2D eigenvalue weighted by Gasteiger charge is -2.06. The fraction of sp³-hybridized carbons (Fsp3) is 0.375. The molecule has 0 aliphatic rings. The monoisotopic (exact) mass is 348 g/mol. The van der Waals surface area contributed by atoms with Crippen molar-refractivity contribution >= 4 is 21.1 Å². The van der Waals surface area contributed by atoms with Gasteiger partial charge >= 0.3 is 0 Å². The summed E-state index contributed by atoms with van der Waals surface area (Å²) in [5.41, 5.74) is 2.96. The average Bonchev–Trinajstić information content (AvgIpc) is 3.08. The van der Waals surface area contributed by atoms with Crippen LogP contribution >= 0.6 is 0 Å². The summed E-state index contributed by atoms with van der Waals surface area (Å²) in [4.78, 5) is 7.88. The molecule has 0 saturated heterocycles. The van der Waals surface area contributed by atoms with Crippen LogP contribution in [0.5, 0.6) is 0 Å². The average molecular weight is 348 g/mol. The van der Waals surface area contributed by atoms with E-state index in [1.807, 2.05) is 18.2 Å². The number of H-pyrrole nitrogens is 1. The molecule has 3 rings (SSSR count). The van der Waals surface area contributed by atoms with E-state index in [-0.39, 0.29) is 17.2 Å². The maximum atomic E-state index is 12.4. The molecule has 0 saturated carbocycles. The molecule has 0 amide bonds. The van der Waals surface area contributed by atoms with E-state index in [2.05, 4.69) is 33.7 Å². The van der Waals surface area contributed by atoms with Gasteiger partial charge in [0.1, 0.15) is 16.4 Å². The third-order valence-corrected chi connectivity index (χ3v) is 5.46. The lowest BCUT2D eigenvalue weighted by molar-refractivity contribution is 0.390. The molecule has 0 radical (unpaired) electrons. The molecule has 2 N–H and O–H groups in total. The van der Waals surface area contributed by atoms with E-state index >= 15 is 0 Å². The van der Waals surface area contributed by atoms with Crippen LogP contribution in [0.3, 0.4) is 0 Å². The second-order valence-corrected chi connectivity index (χ2v) is 7.81. The van der Waals surface area contributed by atoms with E-state index < -0.39 is 10.0 Å². The number of aromatic amines is 1. The highest BCUT2D eigenvalue weighted by molar-refractivity contribution is 7.89. The number of fused-ring (bicyclic) bond motifs is 1. The number of benzene rings is 1. The first-order valence-electron chi connectivity index (χ1n) is 7.69. The largest absolute Gasteiger partial charge is 0.360 e. The lowest BCUT2D eigenvalue weighted by Crippen LogP contribution is -2.24. The second kappa shape index (κ2) is 6.03. The van der Waals surface area contributed by atoms with Crippen LogP contribution in [0, 0.1) is 13.8 Å². The molecular weight excluding hydrogens is 328 g/mol. The van der Waals surface area contributed by atoms with Gasteiger partial charge in [-0.3, -0.25) is 0 Å². The van der Waals surface area contributed by atoms with E-state index in [4.69, 9.17) is 4.52 Å². The smallest absolute Gasteiger partial charge is 0.246 e. The quantitative estimate of drug-likeness (QED) is 0.738. The van der Waals surface area contributed by atoms with Gasteiger partial charge in [0.05, 0.1) is 11.0 Å². The Morgan fingerprint density at radius 1 is 1.29 bits per heavy atom. The number of imidazole rings is 1. The number of nitrogens with one attached hydrogen (secondary N) is 2. The van der Waals surface area contributed by atoms with Crippen molar-refractivity contribution in [2.24, 2.45) is 0 Å². The molecule has 0 fully saturated rings. The Bertz CT molecular complexity index is 967. The minimum Gasteiger partial charge on any atom is -0.360 e. The number of hydrogen-bond donors (Lipinski definition) is 2. The fourth-order valence-electron chi connectivity index (χ4n) is 2.57. The summed E-state index contributed by atoms with van der Waals surface area (Å²) in [7, 11) is -3.67. The van der Waals surface area contributed by atoms with Crippen molar-refractivity contribution in [1.29, 1.82) is 0 Å². The summed E-state index contributed by atoms with van der Waals surface area (Å²) < 4.78 is 32.4. The maximum Gasteiger partial charge on any atom is 0.246 e. The Kier molecular flexibility index (Phi) is 4.18. The lowest BCUT2D eigenvalue weighted by atomic mass is 10.2. The van der Waals surface area contributed by atoms with Crippen LogP contribution in [0.1, 0.15) is 42.6 Å². The van der Waals surface area contributed by atoms with Crippen LogP contribution in [-0.4, -0.2) is 23.5 Å². The predicted octanol–water partition coefficient (Wildman–Crippen LogP) is 2.77. The molecule has 24 heavy (non-hydrogen) atoms. The van der Waals surface area contributed by atoms with E-state index in [1.165, 1.54) is 0 Å². The molecule has 7 nitrogen and oxygen atoms in total. The predicted molar refractivity (Wildman–Crippen MR) is 90.2 cm³/mol. The van der Waals surface area contributed by atoms with Gasteiger partial charge in [0.15, 0.2) is 5.76 Å². The van der Waals surface area contributed by atoms with Crippen molar-refractivity contribution in [1.82, 2.24) is 19.8 Å². The molecule has 0 unspecified atom stereocenters. The Hall–Kier alpha value is -2.19. The maximum absolute atomic E-state index is 12.4. The van der Waals surface area contributed by atoms with Gasteiger partial charge in [0.2, 0.25) is 10.0 Å². The summed E-state index contributed by atoms with van der Waals surface area (Å²) in [5.74, 6) is 1.50. The first-order valence-corrected chi connectivity index (χ1v) is 9.17. The number of rotatable bonds is 5. The number of aryl methyl sites for hydroxylation is 2. The van der Waals surface area contributed by atoms with Crippen molar-refractivity contribution in [3.05, 3.63) is 41.0 Å². The van der Waals surface area contributed by atoms with Gasteiger partial charge in [-0.1, -0.05) is 25.1 Å². The van der Waals surface area contributed by atoms with Gasteiger partial charge in [-0.2, -0.15) is 0 Å². The minimum atomic E-state index is -3.67. The molecule has 2 aromatic heterocycles. The van der Waals surface area contributed by atoms with Crippen LogP contribution in [-0.2, 0) is 16.6 Å². The topological polar surface area (TPSA) is 101 Å². The van der Waals surface area contributed by atoms with Crippen LogP contribution in [0.25, 0.3) is 11.0 Å². The van der Waals surface area contributed by atoms with E-state index in [1.54, 1.807) is 13.8 Å². The van der Waals surface area contributed by atoms with E-state index in [0.717, 1.165) is 22.4 Å². The third kappa shape index (κ3) is 3.07. The van der Waals surface area contributed by atoms with Crippen LogP contribution < -0.4 is 4.72 Å². The number of sulfonamides is 1. The molecule has 8 heteroatoms. The molecule has 2 heterocycles. The standard InChI is InChI=1S/C16H20N4O3S/c1-9(2)16-18-13-6-5-12(7-14(13)19-16)8-17-24(21,22)15-10(3)20-23-11(15)4/h5-7,9,17H,8H2,1-4H3,(H,18,19). The van der Waals surface area contributed by atoms with E-state index in [0.29, 0.717) is 11.6 Å². The van der Waals surface area contributed by atoms with Crippen molar-refractivity contribution in [2.75, 3.05) is 0 Å². The molecule has 0 bridgehead atoms. The van der Waals surface area contributed by atoms with Gasteiger partial charge in [-0.05, 0) is 31.5 Å². The van der Waals surface area contributed by atoms with Crippen LogP contribution in [0.4, 0.5) is 0 Å². The van der Waals surface area contributed by atoms with Gasteiger partial charge in [-0.15, -0.1) is 0 Å². The minimum absolute atomic E-state index is 0.104. The molecular formula is C16H20N4O3S. The zero-order chi connectivity index (χ0) is 17.5. The van der Waals surface area contributed by atoms with Crippen LogP contribution in [0.2, 0.25) is 0 Å². The molecule has 0 aliphatic heterocycles. The highest BCUT2D eigenvalue weighted by atomic mass is 32.2. The molecule has 1 aromatic carbocycles. The van der Waals surface area contributed by atoms with Crippen molar-refractivity contribution in [3.8, 4) is 0 Å². The van der Waals surface area contributed by atoms with Gasteiger partial charge in [-0.25, -0.2) is 18.1 Å². The van der Waals surface area contributed by atoms with Gasteiger partial charge in [0.25, 0.3) is 0 Å². The van der Waals surface area contributed by atoms with E-state index in [9.17, 15) is 8.42 Å². The fourth-order valence-corrected chi connectivity index (χ4v) is 3.91. The SMILES string of the molecule is Cc1noc(C)c1S(=O)(=O)NCc1ccc2nc(C(C)C)[nH]c2c1. The first kappa shape index (κ1) is 16.7. The Balaban J connectivity index is 1.82. The number of hydrogen-bond acceptors (Lipinski definition) is 5. The third-order valence-electron chi connectivity index (χ3n) is 3.81. The zero-order valence-electron chi connectivity index (χ0n) is 14.0. The Labute approximate surface area is 140 Å². The number of aromatic nitrogens is 3. The Morgan fingerprint density at radius 2 is 2.04 bits per heavy atom. The van der Waals surface area contributed by atoms with Crippen molar-refractivity contribution in [2.45, 2.75) is 45.1 Å². The summed E-state index contributed by atoms with van der Waals surface area (Å²) >= 11 is 0. The normalized spacial score (nSPS) is 12.4. The first-order chi connectivity index (χ1) is 11.3. The Morgan fingerprint density at radius 3 is 2.67 bits per heavy atom. The molecule has 0 aliphatic carbocycles. The molecule has 0 atom stereocenters. The zero-order valence-corrected chi connectivity index (χ0v) is 14.9. The van der Waals surface area contributed by atoms with Gasteiger partial charge in [0, 0.05) is 12.5 Å². The molecule has 128 valence electrons. The molecule has 0 spiro atoms. The van der Waals surface area contributed by atoms with Crippen molar-refractivity contribution in [3.63, 3.8) is 0 Å². The summed E-state index contributed by atoms with van der Waals surface area (Å²) in [6.07, 6.45) is 0. The summed E-state index contributed by atoms with van der Waals surface area (Å²) in [6.45, 7) is 7.50. The van der Waals surface area contributed by atoms with Gasteiger partial charge < -0.3 is 9.51 Å². The summed E-state index contributed by atoms with van der Waals surface area (Å²) in [5, 5.41) is 3.69. The van der Waals surface area contributed by atoms with Crippen molar-refractivity contribution < 1.29 is 12.9 Å².